The lowest BCUT2D eigenvalue weighted by Gasteiger charge is -1.94. The molecule has 0 fully saturated rings. The van der Waals surface area contributed by atoms with E-state index in [0.29, 0.717) is 11.7 Å². The largest absolute Gasteiger partial charge is 0.361 e. The second kappa shape index (κ2) is 4.28. The van der Waals surface area contributed by atoms with Gasteiger partial charge in [-0.25, -0.2) is 4.98 Å². The Hall–Kier alpha value is -2.47. The first kappa shape index (κ1) is 11.4. The lowest BCUT2D eigenvalue weighted by atomic mass is 10.1. The van der Waals surface area contributed by atoms with Crippen LogP contribution in [0.2, 0.25) is 0 Å². The van der Waals surface area contributed by atoms with Crippen molar-refractivity contribution >= 4 is 22.2 Å². The van der Waals surface area contributed by atoms with Crippen molar-refractivity contribution in [1.29, 1.82) is 0 Å². The molecule has 4 rings (SSSR count). The molecule has 20 heavy (non-hydrogen) atoms. The second-order valence-corrected chi connectivity index (χ2v) is 5.32. The Labute approximate surface area is 118 Å². The van der Waals surface area contributed by atoms with Gasteiger partial charge in [-0.2, -0.15) is 4.98 Å². The summed E-state index contributed by atoms with van der Waals surface area (Å²) in [5.41, 5.74) is 4.67. The van der Waals surface area contributed by atoms with Crippen LogP contribution in [0.5, 0.6) is 0 Å². The van der Waals surface area contributed by atoms with E-state index in [-0.39, 0.29) is 0 Å². The first-order valence-corrected chi connectivity index (χ1v) is 7.01. The number of nitrogens with zero attached hydrogens (tertiary/aromatic N) is 3. The van der Waals surface area contributed by atoms with E-state index in [0.717, 1.165) is 27.0 Å². The summed E-state index contributed by atoms with van der Waals surface area (Å²) in [5, 5.41) is 5.22. The molecule has 3 heterocycles. The third kappa shape index (κ3) is 1.73. The van der Waals surface area contributed by atoms with Crippen molar-refractivity contribution in [3.63, 3.8) is 0 Å². The number of aryl methyl sites for hydroxylation is 1. The van der Waals surface area contributed by atoms with Gasteiger partial charge in [-0.05, 0) is 24.4 Å². The number of benzene rings is 1. The second-order valence-electron chi connectivity index (χ2n) is 4.47. The summed E-state index contributed by atoms with van der Waals surface area (Å²) in [6, 6.07) is 8.07. The van der Waals surface area contributed by atoms with Crippen LogP contribution in [0.1, 0.15) is 5.69 Å². The molecule has 0 amide bonds. The number of rotatable bonds is 2. The van der Waals surface area contributed by atoms with Gasteiger partial charge in [0.1, 0.15) is 4.88 Å². The van der Waals surface area contributed by atoms with Crippen molar-refractivity contribution in [2.45, 2.75) is 6.92 Å². The fourth-order valence-electron chi connectivity index (χ4n) is 2.13. The Bertz CT molecular complexity index is 889. The Morgan fingerprint density at radius 1 is 1.25 bits per heavy atom. The highest BCUT2D eigenvalue weighted by molar-refractivity contribution is 7.13. The molecule has 0 aliphatic rings. The summed E-state index contributed by atoms with van der Waals surface area (Å²) in [6.07, 6.45) is 1.91. The number of thiazole rings is 1. The normalized spacial score (nSPS) is 11.2. The van der Waals surface area contributed by atoms with E-state index in [1.54, 1.807) is 5.51 Å². The molecule has 4 aromatic rings. The van der Waals surface area contributed by atoms with E-state index < -0.39 is 0 Å². The summed E-state index contributed by atoms with van der Waals surface area (Å²) < 4.78 is 5.34. The number of H-pyrrole nitrogens is 1. The van der Waals surface area contributed by atoms with Gasteiger partial charge in [0.2, 0.25) is 5.82 Å². The van der Waals surface area contributed by atoms with Crippen LogP contribution in [0.15, 0.2) is 40.5 Å². The van der Waals surface area contributed by atoms with Crippen LogP contribution in [0, 0.1) is 6.92 Å². The van der Waals surface area contributed by atoms with Crippen molar-refractivity contribution < 1.29 is 4.52 Å². The van der Waals surface area contributed by atoms with Gasteiger partial charge in [0.15, 0.2) is 0 Å². The van der Waals surface area contributed by atoms with Gasteiger partial charge >= 0.3 is 0 Å². The number of fused-ring (bicyclic) bond motifs is 1. The molecule has 0 spiro atoms. The lowest BCUT2D eigenvalue weighted by Crippen LogP contribution is -1.81. The summed E-state index contributed by atoms with van der Waals surface area (Å²) in [4.78, 5) is 12.7. The number of nitrogens with one attached hydrogen (secondary N) is 1. The van der Waals surface area contributed by atoms with Gasteiger partial charge in [0, 0.05) is 17.3 Å². The van der Waals surface area contributed by atoms with Crippen LogP contribution < -0.4 is 0 Å². The lowest BCUT2D eigenvalue weighted by molar-refractivity contribution is 0.433. The highest BCUT2D eigenvalue weighted by Gasteiger charge is 2.14. The molecule has 0 saturated heterocycles. The molecule has 0 atom stereocenters. The zero-order valence-electron chi connectivity index (χ0n) is 10.6. The molecule has 98 valence electrons. The highest BCUT2D eigenvalue weighted by atomic mass is 32.1. The van der Waals surface area contributed by atoms with E-state index in [9.17, 15) is 0 Å². The summed E-state index contributed by atoms with van der Waals surface area (Å²) in [7, 11) is 0. The van der Waals surface area contributed by atoms with Crippen LogP contribution in [-0.2, 0) is 0 Å². The predicted octanol–water partition coefficient (Wildman–Crippen LogP) is 3.65. The maximum atomic E-state index is 5.34. The van der Waals surface area contributed by atoms with Crippen molar-refractivity contribution in [1.82, 2.24) is 20.1 Å². The van der Waals surface area contributed by atoms with Gasteiger partial charge in [-0.15, -0.1) is 11.3 Å². The zero-order valence-corrected chi connectivity index (χ0v) is 11.4. The molecule has 0 aliphatic carbocycles. The smallest absolute Gasteiger partial charge is 0.270 e. The molecular formula is C14H10N4OS. The van der Waals surface area contributed by atoms with Gasteiger partial charge in [0.25, 0.3) is 5.89 Å². The molecule has 0 bridgehead atoms. The first-order valence-electron chi connectivity index (χ1n) is 6.13. The monoisotopic (exact) mass is 282 g/mol. The topological polar surface area (TPSA) is 67.6 Å². The summed E-state index contributed by atoms with van der Waals surface area (Å²) >= 11 is 1.50. The zero-order chi connectivity index (χ0) is 13.5. The maximum absolute atomic E-state index is 5.34. The Morgan fingerprint density at radius 2 is 2.20 bits per heavy atom. The van der Waals surface area contributed by atoms with Crippen molar-refractivity contribution in [3.05, 3.63) is 41.7 Å². The van der Waals surface area contributed by atoms with E-state index in [4.69, 9.17) is 4.52 Å². The van der Waals surface area contributed by atoms with Crippen molar-refractivity contribution in [2.24, 2.45) is 0 Å². The average molecular weight is 282 g/mol. The van der Waals surface area contributed by atoms with Crippen molar-refractivity contribution in [2.75, 3.05) is 0 Å². The van der Waals surface area contributed by atoms with Crippen LogP contribution in [-0.4, -0.2) is 20.1 Å². The number of aromatic amines is 1. The first-order chi connectivity index (χ1) is 9.81. The molecule has 0 unspecified atom stereocenters. The molecule has 1 N–H and O–H groups in total. The SMILES string of the molecule is Cc1ncsc1-c1nc(-c2ccc3cc[nH]c3c2)no1. The molecule has 0 saturated carbocycles. The fourth-order valence-corrected chi connectivity index (χ4v) is 2.85. The van der Waals surface area contributed by atoms with Gasteiger partial charge < -0.3 is 9.51 Å². The standard InChI is InChI=1S/C14H10N4OS/c1-8-12(20-7-16-8)14-17-13(18-19-14)10-3-2-9-4-5-15-11(9)6-10/h2-7,15H,1H3. The minimum Gasteiger partial charge on any atom is -0.361 e. The minimum absolute atomic E-state index is 0.520. The Morgan fingerprint density at radius 3 is 3.05 bits per heavy atom. The number of hydrogen-bond acceptors (Lipinski definition) is 5. The summed E-state index contributed by atoms with van der Waals surface area (Å²) in [6.45, 7) is 1.93. The predicted molar refractivity (Wildman–Crippen MR) is 77.4 cm³/mol. The van der Waals surface area contributed by atoms with E-state index in [1.165, 1.54) is 11.3 Å². The number of aromatic nitrogens is 4. The molecule has 0 aliphatic heterocycles. The average Bonchev–Trinajstić information content (AvgIpc) is 3.17. The third-order valence-electron chi connectivity index (χ3n) is 3.18. The van der Waals surface area contributed by atoms with Crippen LogP contribution >= 0.6 is 11.3 Å². The Balaban J connectivity index is 1.79. The highest BCUT2D eigenvalue weighted by Crippen LogP contribution is 2.28. The van der Waals surface area contributed by atoms with Gasteiger partial charge in [-0.3, -0.25) is 0 Å². The minimum atomic E-state index is 0.520. The quantitative estimate of drug-likeness (QED) is 0.609. The molecule has 1 aromatic carbocycles. The van der Waals surface area contributed by atoms with Crippen LogP contribution in [0.3, 0.4) is 0 Å². The third-order valence-corrected chi connectivity index (χ3v) is 4.10. The van der Waals surface area contributed by atoms with E-state index in [1.807, 2.05) is 37.4 Å². The molecule has 6 heteroatoms. The van der Waals surface area contributed by atoms with Crippen LogP contribution in [0.25, 0.3) is 33.1 Å². The molecule has 0 radical (unpaired) electrons. The number of hydrogen-bond donors (Lipinski definition) is 1. The Kier molecular flexibility index (Phi) is 2.43. The van der Waals surface area contributed by atoms with Crippen molar-refractivity contribution in [3.8, 4) is 22.2 Å². The maximum Gasteiger partial charge on any atom is 0.270 e. The fraction of sp³-hybridized carbons (Fsp3) is 0.0714. The van der Waals surface area contributed by atoms with E-state index >= 15 is 0 Å². The summed E-state index contributed by atoms with van der Waals surface area (Å²) in [5.74, 6) is 1.11. The van der Waals surface area contributed by atoms with E-state index in [2.05, 4.69) is 20.1 Å². The van der Waals surface area contributed by atoms with Gasteiger partial charge in [0.05, 0.1) is 11.2 Å². The molecule has 5 nitrogen and oxygen atoms in total. The van der Waals surface area contributed by atoms with Gasteiger partial charge in [-0.1, -0.05) is 17.3 Å². The van der Waals surface area contributed by atoms with Crippen LogP contribution in [0.4, 0.5) is 0 Å². The molecule has 3 aromatic heterocycles. The molecular weight excluding hydrogens is 272 g/mol.